The van der Waals surface area contributed by atoms with Gasteiger partial charge in [0.05, 0.1) is 24.9 Å². The topological polar surface area (TPSA) is 127 Å². The highest BCUT2D eigenvalue weighted by atomic mass is 16.5. The summed E-state index contributed by atoms with van der Waals surface area (Å²) < 4.78 is 5.68. The van der Waals surface area contributed by atoms with E-state index in [1.165, 1.54) is 0 Å². The number of aliphatic hydroxyl groups excluding tert-OH is 4. The minimum Gasteiger partial charge on any atom is -0.485 e. The van der Waals surface area contributed by atoms with E-state index in [0.717, 1.165) is 25.7 Å². The zero-order chi connectivity index (χ0) is 21.9. The van der Waals surface area contributed by atoms with Gasteiger partial charge < -0.3 is 30.3 Å². The Balaban J connectivity index is 1.79. The summed E-state index contributed by atoms with van der Waals surface area (Å²) in [5.41, 5.74) is 0. The summed E-state index contributed by atoms with van der Waals surface area (Å²) in [4.78, 5) is 10.6. The Morgan fingerprint density at radius 2 is 1.63 bits per heavy atom. The van der Waals surface area contributed by atoms with Crippen molar-refractivity contribution in [2.45, 2.75) is 82.2 Å². The van der Waals surface area contributed by atoms with Crippen LogP contribution in [0, 0.1) is 11.8 Å². The van der Waals surface area contributed by atoms with Crippen LogP contribution in [0.1, 0.15) is 57.8 Å². The highest BCUT2D eigenvalue weighted by Crippen LogP contribution is 2.39. The van der Waals surface area contributed by atoms with Crippen molar-refractivity contribution in [3.8, 4) is 5.75 Å². The van der Waals surface area contributed by atoms with Gasteiger partial charge in [-0.15, -0.1) is 0 Å². The lowest BCUT2D eigenvalue weighted by atomic mass is 9.84. The number of benzene rings is 1. The number of rotatable bonds is 14. The van der Waals surface area contributed by atoms with Gasteiger partial charge in [0.1, 0.15) is 11.9 Å². The molecule has 0 heterocycles. The predicted octanol–water partition coefficient (Wildman–Crippen LogP) is 2.35. The van der Waals surface area contributed by atoms with E-state index in [1.807, 2.05) is 18.2 Å². The predicted molar refractivity (Wildman–Crippen MR) is 112 cm³/mol. The lowest BCUT2D eigenvalue weighted by Crippen LogP contribution is -2.36. The fourth-order valence-electron chi connectivity index (χ4n) is 4.45. The van der Waals surface area contributed by atoms with Crippen LogP contribution in [-0.2, 0) is 4.79 Å². The first-order valence-electron chi connectivity index (χ1n) is 11.0. The van der Waals surface area contributed by atoms with E-state index in [4.69, 9.17) is 9.84 Å². The molecule has 0 bridgehead atoms. The SMILES string of the molecule is O=C(O)CCCCCCC1[C@@H](CCC(O)C(CO)Oc2ccccc2)[C@H](O)C[C@@H]1O. The van der Waals surface area contributed by atoms with Crippen molar-refractivity contribution >= 4 is 5.97 Å². The molecule has 1 aromatic carbocycles. The maximum atomic E-state index is 10.6. The third-order valence-corrected chi connectivity index (χ3v) is 6.14. The summed E-state index contributed by atoms with van der Waals surface area (Å²) in [6, 6.07) is 9.02. The number of ether oxygens (including phenoxy) is 1. The quantitative estimate of drug-likeness (QED) is 0.290. The summed E-state index contributed by atoms with van der Waals surface area (Å²) in [6.45, 7) is -0.314. The molecule has 170 valence electrons. The summed E-state index contributed by atoms with van der Waals surface area (Å²) >= 11 is 0. The van der Waals surface area contributed by atoms with Crippen LogP contribution < -0.4 is 4.74 Å². The number of carboxylic acids is 1. The number of hydrogen-bond donors (Lipinski definition) is 5. The van der Waals surface area contributed by atoms with E-state index in [-0.39, 0.29) is 24.9 Å². The highest BCUT2D eigenvalue weighted by molar-refractivity contribution is 5.66. The number of aliphatic carboxylic acids is 1. The van der Waals surface area contributed by atoms with E-state index in [0.29, 0.717) is 31.4 Å². The van der Waals surface area contributed by atoms with E-state index >= 15 is 0 Å². The number of carbonyl (C=O) groups is 1. The zero-order valence-corrected chi connectivity index (χ0v) is 17.5. The number of hydrogen-bond acceptors (Lipinski definition) is 6. The molecule has 1 fully saturated rings. The molecule has 1 aliphatic carbocycles. The highest BCUT2D eigenvalue weighted by Gasteiger charge is 2.41. The minimum atomic E-state index is -0.878. The van der Waals surface area contributed by atoms with Crippen LogP contribution in [0.2, 0.25) is 0 Å². The average molecular weight is 425 g/mol. The van der Waals surface area contributed by atoms with Gasteiger partial charge in [-0.3, -0.25) is 4.79 Å². The van der Waals surface area contributed by atoms with Crippen molar-refractivity contribution in [1.29, 1.82) is 0 Å². The molecule has 5 N–H and O–H groups in total. The van der Waals surface area contributed by atoms with Gasteiger partial charge in [0.15, 0.2) is 0 Å². The fraction of sp³-hybridized carbons (Fsp3) is 0.696. The van der Waals surface area contributed by atoms with Gasteiger partial charge in [-0.25, -0.2) is 0 Å². The van der Waals surface area contributed by atoms with E-state index < -0.39 is 30.4 Å². The van der Waals surface area contributed by atoms with Gasteiger partial charge in [0, 0.05) is 6.42 Å². The van der Waals surface area contributed by atoms with Gasteiger partial charge in [0.25, 0.3) is 0 Å². The first-order chi connectivity index (χ1) is 14.4. The monoisotopic (exact) mass is 424 g/mol. The van der Waals surface area contributed by atoms with Crippen LogP contribution in [0.5, 0.6) is 5.75 Å². The molecular weight excluding hydrogens is 388 g/mol. The smallest absolute Gasteiger partial charge is 0.303 e. The van der Waals surface area contributed by atoms with Crippen LogP contribution in [0.25, 0.3) is 0 Å². The van der Waals surface area contributed by atoms with Crippen molar-refractivity contribution < 1.29 is 35.1 Å². The minimum absolute atomic E-state index is 0.0331. The van der Waals surface area contributed by atoms with Crippen LogP contribution in [0.4, 0.5) is 0 Å². The molecule has 7 nitrogen and oxygen atoms in total. The number of unbranched alkanes of at least 4 members (excludes halogenated alkanes) is 3. The number of aliphatic hydroxyl groups is 4. The summed E-state index contributed by atoms with van der Waals surface area (Å²) in [5.74, 6) is -0.341. The normalized spacial score (nSPS) is 25.7. The van der Waals surface area contributed by atoms with Crippen molar-refractivity contribution in [3.05, 3.63) is 30.3 Å². The van der Waals surface area contributed by atoms with E-state index in [2.05, 4.69) is 0 Å². The number of para-hydroxylation sites is 1. The summed E-state index contributed by atoms with van der Waals surface area (Å²) in [5, 5.41) is 49.5. The molecule has 0 spiro atoms. The van der Waals surface area contributed by atoms with Crippen LogP contribution in [0.15, 0.2) is 30.3 Å². The fourth-order valence-corrected chi connectivity index (χ4v) is 4.45. The second-order valence-electron chi connectivity index (χ2n) is 8.34. The lowest BCUT2D eigenvalue weighted by Gasteiger charge is -2.27. The van der Waals surface area contributed by atoms with Gasteiger partial charge >= 0.3 is 5.97 Å². The molecule has 0 aromatic heterocycles. The maximum absolute atomic E-state index is 10.6. The molecule has 7 heteroatoms. The first kappa shape index (κ1) is 24.6. The summed E-state index contributed by atoms with van der Waals surface area (Å²) in [7, 11) is 0. The molecule has 1 saturated carbocycles. The average Bonchev–Trinajstić information content (AvgIpc) is 2.99. The van der Waals surface area contributed by atoms with Crippen molar-refractivity contribution in [2.75, 3.05) is 6.61 Å². The summed E-state index contributed by atoms with van der Waals surface area (Å²) in [6.07, 6.45) is 2.69. The molecule has 6 atom stereocenters. The maximum Gasteiger partial charge on any atom is 0.303 e. The van der Waals surface area contributed by atoms with Gasteiger partial charge in [-0.05, 0) is 56.1 Å². The third kappa shape index (κ3) is 7.87. The molecule has 1 aliphatic rings. The standard InChI is InChI=1S/C23H36O7/c24-15-22(30-16-8-4-3-5-9-16)19(25)13-12-18-17(20(26)14-21(18)27)10-6-1-2-7-11-23(28)29/h3-5,8-9,17-22,24-27H,1-2,6-7,10-15H2,(H,28,29)/t17?,18-,19?,20+,21-,22?/m1/s1. The van der Waals surface area contributed by atoms with Crippen LogP contribution >= 0.6 is 0 Å². The molecule has 1 aromatic rings. The Labute approximate surface area is 178 Å². The molecule has 0 aliphatic heterocycles. The molecular formula is C23H36O7. The Hall–Kier alpha value is -1.67. The van der Waals surface area contributed by atoms with E-state index in [9.17, 15) is 25.2 Å². The van der Waals surface area contributed by atoms with E-state index in [1.54, 1.807) is 12.1 Å². The van der Waals surface area contributed by atoms with Crippen LogP contribution in [0.3, 0.4) is 0 Å². The Morgan fingerprint density at radius 3 is 2.27 bits per heavy atom. The second kappa shape index (κ2) is 12.9. The third-order valence-electron chi connectivity index (χ3n) is 6.14. The Morgan fingerprint density at radius 1 is 1.00 bits per heavy atom. The first-order valence-corrected chi connectivity index (χ1v) is 11.0. The molecule has 30 heavy (non-hydrogen) atoms. The van der Waals surface area contributed by atoms with Crippen LogP contribution in [-0.4, -0.2) is 62.5 Å². The zero-order valence-electron chi connectivity index (χ0n) is 17.5. The Bertz CT molecular complexity index is 609. The van der Waals surface area contributed by atoms with Gasteiger partial charge in [-0.1, -0.05) is 37.5 Å². The molecule has 0 radical (unpaired) electrons. The molecule has 0 amide bonds. The Kier molecular flexibility index (Phi) is 10.6. The van der Waals surface area contributed by atoms with Crippen molar-refractivity contribution in [2.24, 2.45) is 11.8 Å². The van der Waals surface area contributed by atoms with Gasteiger partial charge in [0.2, 0.25) is 0 Å². The van der Waals surface area contributed by atoms with Gasteiger partial charge in [-0.2, -0.15) is 0 Å². The lowest BCUT2D eigenvalue weighted by molar-refractivity contribution is -0.137. The van der Waals surface area contributed by atoms with Crippen molar-refractivity contribution in [1.82, 2.24) is 0 Å². The molecule has 0 saturated heterocycles. The second-order valence-corrected chi connectivity index (χ2v) is 8.34. The number of carboxylic acid groups (broad SMARTS) is 1. The molecule has 2 rings (SSSR count). The molecule has 3 unspecified atom stereocenters. The van der Waals surface area contributed by atoms with Crippen molar-refractivity contribution in [3.63, 3.8) is 0 Å². The largest absolute Gasteiger partial charge is 0.485 e.